The molecule has 3 heterocycles. The monoisotopic (exact) mass is 449 g/mol. The van der Waals surface area contributed by atoms with Gasteiger partial charge >= 0.3 is 0 Å². The standard InChI is InChI=1S/C26H31N3O2S/c30-25(27-21-8-3-1-2-4-9-21)20-13-16-28(17-14-20)26(31)23-11-12-24(32-23)29-18-15-19-7-5-6-10-22(19)29/h5-7,10-12,15,18,20-21H,1-4,8-9,13-14,16-17H2,(H,27,30). The van der Waals surface area contributed by atoms with E-state index in [1.165, 1.54) is 42.4 Å². The van der Waals surface area contributed by atoms with Crippen molar-refractivity contribution in [3.05, 3.63) is 53.5 Å². The maximum Gasteiger partial charge on any atom is 0.263 e. The molecule has 5 nitrogen and oxygen atoms in total. The quantitative estimate of drug-likeness (QED) is 0.544. The summed E-state index contributed by atoms with van der Waals surface area (Å²) in [6.07, 6.45) is 10.8. The topological polar surface area (TPSA) is 54.3 Å². The molecule has 0 bridgehead atoms. The van der Waals surface area contributed by atoms with E-state index in [9.17, 15) is 9.59 Å². The van der Waals surface area contributed by atoms with Gasteiger partial charge in [-0.3, -0.25) is 9.59 Å². The lowest BCUT2D eigenvalue weighted by atomic mass is 9.95. The van der Waals surface area contributed by atoms with Crippen LogP contribution in [0.25, 0.3) is 15.9 Å². The van der Waals surface area contributed by atoms with Gasteiger partial charge in [-0.1, -0.05) is 43.9 Å². The number of likely N-dealkylation sites (tertiary alicyclic amines) is 1. The lowest BCUT2D eigenvalue weighted by Gasteiger charge is -2.32. The molecule has 0 atom stereocenters. The molecule has 1 aliphatic heterocycles. The van der Waals surface area contributed by atoms with Gasteiger partial charge in [0.1, 0.15) is 5.00 Å². The Bertz CT molecular complexity index is 1090. The summed E-state index contributed by atoms with van der Waals surface area (Å²) in [4.78, 5) is 28.5. The van der Waals surface area contributed by atoms with E-state index < -0.39 is 0 Å². The number of hydrogen-bond donors (Lipinski definition) is 1. The summed E-state index contributed by atoms with van der Waals surface area (Å²) < 4.78 is 2.14. The van der Waals surface area contributed by atoms with E-state index >= 15 is 0 Å². The highest BCUT2D eigenvalue weighted by molar-refractivity contribution is 7.16. The second kappa shape index (κ2) is 9.49. The van der Waals surface area contributed by atoms with Gasteiger partial charge in [0.05, 0.1) is 10.4 Å². The molecule has 168 valence electrons. The van der Waals surface area contributed by atoms with Crippen LogP contribution in [0.3, 0.4) is 0 Å². The predicted octanol–water partition coefficient (Wildman–Crippen LogP) is 5.38. The Morgan fingerprint density at radius 1 is 0.875 bits per heavy atom. The van der Waals surface area contributed by atoms with Crippen LogP contribution in [0.2, 0.25) is 0 Å². The predicted molar refractivity (Wildman–Crippen MR) is 129 cm³/mol. The Balaban J connectivity index is 1.18. The number of hydrogen-bond acceptors (Lipinski definition) is 3. The van der Waals surface area contributed by atoms with Crippen molar-refractivity contribution in [2.24, 2.45) is 5.92 Å². The van der Waals surface area contributed by atoms with Crippen molar-refractivity contribution in [3.63, 3.8) is 0 Å². The molecule has 2 amide bonds. The fourth-order valence-electron chi connectivity index (χ4n) is 5.09. The van der Waals surface area contributed by atoms with Crippen LogP contribution in [0.5, 0.6) is 0 Å². The van der Waals surface area contributed by atoms with Crippen molar-refractivity contribution in [3.8, 4) is 5.00 Å². The molecule has 2 aromatic heterocycles. The Kier molecular flexibility index (Phi) is 6.30. The molecule has 5 rings (SSSR count). The van der Waals surface area contributed by atoms with Gasteiger partial charge in [-0.2, -0.15) is 0 Å². The zero-order chi connectivity index (χ0) is 21.9. The van der Waals surface area contributed by atoms with Crippen LogP contribution >= 0.6 is 11.3 Å². The SMILES string of the molecule is O=C(NC1CCCCCC1)C1CCN(C(=O)c2ccc(-n3ccc4ccccc43)s2)CC1. The molecule has 2 fully saturated rings. The molecule has 1 saturated heterocycles. The third-order valence-electron chi connectivity index (χ3n) is 6.99. The van der Waals surface area contributed by atoms with Crippen LogP contribution in [0, 0.1) is 5.92 Å². The molecular weight excluding hydrogens is 418 g/mol. The number of carbonyl (C=O) groups excluding carboxylic acids is 2. The molecule has 1 aromatic carbocycles. The van der Waals surface area contributed by atoms with Crippen LogP contribution in [0.15, 0.2) is 48.7 Å². The molecule has 0 unspecified atom stereocenters. The van der Waals surface area contributed by atoms with Gasteiger partial charge in [0.15, 0.2) is 0 Å². The smallest absolute Gasteiger partial charge is 0.263 e. The highest BCUT2D eigenvalue weighted by Gasteiger charge is 2.29. The van der Waals surface area contributed by atoms with E-state index in [1.54, 1.807) is 0 Å². The molecule has 1 N–H and O–H groups in total. The third kappa shape index (κ3) is 4.46. The number of thiophene rings is 1. The average molecular weight is 450 g/mol. The molecule has 1 saturated carbocycles. The minimum Gasteiger partial charge on any atom is -0.353 e. The van der Waals surface area contributed by atoms with Crippen molar-refractivity contribution in [2.45, 2.75) is 57.4 Å². The van der Waals surface area contributed by atoms with Crippen LogP contribution in [-0.2, 0) is 4.79 Å². The van der Waals surface area contributed by atoms with Gasteiger partial charge in [0, 0.05) is 31.2 Å². The molecule has 0 spiro atoms. The minimum absolute atomic E-state index is 0.0347. The van der Waals surface area contributed by atoms with Gasteiger partial charge in [-0.25, -0.2) is 0 Å². The number of nitrogens with zero attached hydrogens (tertiary/aromatic N) is 2. The number of para-hydroxylation sites is 1. The van der Waals surface area contributed by atoms with Gasteiger partial charge < -0.3 is 14.8 Å². The normalized spacial score (nSPS) is 18.6. The summed E-state index contributed by atoms with van der Waals surface area (Å²) in [7, 11) is 0. The Morgan fingerprint density at radius 2 is 1.62 bits per heavy atom. The number of nitrogens with one attached hydrogen (secondary N) is 1. The summed E-state index contributed by atoms with van der Waals surface area (Å²) >= 11 is 1.53. The largest absolute Gasteiger partial charge is 0.353 e. The highest BCUT2D eigenvalue weighted by Crippen LogP contribution is 2.28. The van der Waals surface area contributed by atoms with Gasteiger partial charge in [0.2, 0.25) is 5.91 Å². The third-order valence-corrected chi connectivity index (χ3v) is 8.07. The number of amides is 2. The summed E-state index contributed by atoms with van der Waals surface area (Å²) in [6.45, 7) is 1.31. The van der Waals surface area contributed by atoms with Gasteiger partial charge in [-0.05, 0) is 55.3 Å². The zero-order valence-corrected chi connectivity index (χ0v) is 19.3. The van der Waals surface area contributed by atoms with E-state index in [0.29, 0.717) is 19.1 Å². The first-order chi connectivity index (χ1) is 15.7. The van der Waals surface area contributed by atoms with E-state index in [0.717, 1.165) is 41.1 Å². The van der Waals surface area contributed by atoms with Crippen LogP contribution in [-0.4, -0.2) is 40.4 Å². The lowest BCUT2D eigenvalue weighted by molar-refractivity contribution is -0.127. The number of aromatic nitrogens is 1. The van der Waals surface area contributed by atoms with E-state index in [4.69, 9.17) is 0 Å². The van der Waals surface area contributed by atoms with Crippen molar-refractivity contribution in [1.82, 2.24) is 14.8 Å². The van der Waals surface area contributed by atoms with Crippen LogP contribution < -0.4 is 5.32 Å². The maximum atomic E-state index is 13.1. The van der Waals surface area contributed by atoms with Crippen LogP contribution in [0.1, 0.15) is 61.0 Å². The van der Waals surface area contributed by atoms with E-state index in [-0.39, 0.29) is 17.7 Å². The summed E-state index contributed by atoms with van der Waals surface area (Å²) in [5.41, 5.74) is 1.15. The first kappa shape index (κ1) is 21.3. The van der Waals surface area contributed by atoms with Crippen molar-refractivity contribution in [2.75, 3.05) is 13.1 Å². The van der Waals surface area contributed by atoms with E-state index in [1.807, 2.05) is 29.2 Å². The first-order valence-corrected chi connectivity index (χ1v) is 12.8. The molecule has 3 aromatic rings. The Morgan fingerprint density at radius 3 is 2.41 bits per heavy atom. The van der Waals surface area contributed by atoms with Gasteiger partial charge in [-0.15, -0.1) is 11.3 Å². The van der Waals surface area contributed by atoms with E-state index in [2.05, 4.69) is 34.3 Å². The minimum atomic E-state index is 0.0347. The van der Waals surface area contributed by atoms with Crippen molar-refractivity contribution in [1.29, 1.82) is 0 Å². The molecule has 32 heavy (non-hydrogen) atoms. The maximum absolute atomic E-state index is 13.1. The number of carbonyl (C=O) groups is 2. The van der Waals surface area contributed by atoms with Crippen LogP contribution in [0.4, 0.5) is 0 Å². The van der Waals surface area contributed by atoms with Crippen molar-refractivity contribution < 1.29 is 9.59 Å². The Labute approximate surface area is 193 Å². The Hall–Kier alpha value is -2.60. The molecular formula is C26H31N3O2S. The molecule has 1 aliphatic carbocycles. The summed E-state index contributed by atoms with van der Waals surface area (Å²) in [5, 5.41) is 5.54. The fourth-order valence-corrected chi connectivity index (χ4v) is 6.06. The summed E-state index contributed by atoms with van der Waals surface area (Å²) in [6, 6.07) is 14.7. The number of benzene rings is 1. The van der Waals surface area contributed by atoms with Gasteiger partial charge in [0.25, 0.3) is 5.91 Å². The number of piperidine rings is 1. The zero-order valence-electron chi connectivity index (χ0n) is 18.5. The fraction of sp³-hybridized carbons (Fsp3) is 0.462. The second-order valence-electron chi connectivity index (χ2n) is 9.15. The first-order valence-electron chi connectivity index (χ1n) is 11.9. The lowest BCUT2D eigenvalue weighted by Crippen LogP contribution is -2.45. The summed E-state index contributed by atoms with van der Waals surface area (Å²) in [5.74, 6) is 0.315. The average Bonchev–Trinajstić information content (AvgIpc) is 3.40. The molecule has 2 aliphatic rings. The molecule has 0 radical (unpaired) electrons. The second-order valence-corrected chi connectivity index (χ2v) is 10.2. The highest BCUT2D eigenvalue weighted by atomic mass is 32.1. The number of rotatable bonds is 4. The number of fused-ring (bicyclic) bond motifs is 1. The van der Waals surface area contributed by atoms with Crippen molar-refractivity contribution >= 4 is 34.1 Å². The molecule has 6 heteroatoms.